The van der Waals surface area contributed by atoms with Crippen molar-refractivity contribution in [1.29, 1.82) is 0 Å². The number of nitrogens with zero attached hydrogens (tertiary/aromatic N) is 1. The third-order valence-electron chi connectivity index (χ3n) is 3.29. The molecule has 108 valence electrons. The smallest absolute Gasteiger partial charge is 0.257 e. The van der Waals surface area contributed by atoms with E-state index in [2.05, 4.69) is 5.32 Å². The zero-order valence-electron chi connectivity index (χ0n) is 11.5. The third-order valence-corrected chi connectivity index (χ3v) is 3.29. The summed E-state index contributed by atoms with van der Waals surface area (Å²) >= 11 is 0. The van der Waals surface area contributed by atoms with Crippen molar-refractivity contribution in [1.82, 2.24) is 4.90 Å². The van der Waals surface area contributed by atoms with Gasteiger partial charge in [-0.2, -0.15) is 0 Å². The van der Waals surface area contributed by atoms with E-state index in [1.54, 1.807) is 18.2 Å². The average Bonchev–Trinajstić information content (AvgIpc) is 2.37. The van der Waals surface area contributed by atoms with Crippen LogP contribution in [0.3, 0.4) is 0 Å². The third kappa shape index (κ3) is 2.81. The molecule has 2 amide bonds. The Morgan fingerprint density at radius 2 is 1.90 bits per heavy atom. The number of aliphatic hydroxyl groups excluding tert-OH is 2. The fourth-order valence-corrected chi connectivity index (χ4v) is 2.32. The van der Waals surface area contributed by atoms with Gasteiger partial charge in [0.25, 0.3) is 5.91 Å². The maximum Gasteiger partial charge on any atom is 0.257 e. The number of carbonyl (C=O) groups excluding carboxylic acids is 2. The highest BCUT2D eigenvalue weighted by Gasteiger charge is 2.25. The van der Waals surface area contributed by atoms with Crippen molar-refractivity contribution >= 4 is 17.5 Å². The first-order valence-corrected chi connectivity index (χ1v) is 6.51. The van der Waals surface area contributed by atoms with Gasteiger partial charge < -0.3 is 15.5 Å². The van der Waals surface area contributed by atoms with Crippen molar-refractivity contribution in [2.24, 2.45) is 0 Å². The summed E-state index contributed by atoms with van der Waals surface area (Å²) in [5, 5.41) is 21.9. The van der Waals surface area contributed by atoms with E-state index >= 15 is 0 Å². The van der Waals surface area contributed by atoms with E-state index in [4.69, 9.17) is 0 Å². The SMILES string of the molecule is CC(O)N(C(=O)c1ccc2c(c1)CCC(=O)N2)C(C)O. The van der Waals surface area contributed by atoms with Crippen LogP contribution in [0.4, 0.5) is 5.69 Å². The monoisotopic (exact) mass is 278 g/mol. The fraction of sp³-hybridized carbons (Fsp3) is 0.429. The zero-order chi connectivity index (χ0) is 14.9. The second-order valence-electron chi connectivity index (χ2n) is 4.90. The Morgan fingerprint density at radius 3 is 2.50 bits per heavy atom. The van der Waals surface area contributed by atoms with Gasteiger partial charge in [0.1, 0.15) is 12.5 Å². The van der Waals surface area contributed by atoms with Crippen molar-refractivity contribution in [3.05, 3.63) is 29.3 Å². The van der Waals surface area contributed by atoms with Crippen LogP contribution in [0.25, 0.3) is 0 Å². The Bertz CT molecular complexity index is 532. The van der Waals surface area contributed by atoms with Crippen LogP contribution in [0.15, 0.2) is 18.2 Å². The Balaban J connectivity index is 2.29. The summed E-state index contributed by atoms with van der Waals surface area (Å²) in [5.74, 6) is -0.485. The summed E-state index contributed by atoms with van der Waals surface area (Å²) in [4.78, 5) is 24.6. The van der Waals surface area contributed by atoms with Crippen LogP contribution in [0, 0.1) is 0 Å². The highest BCUT2D eigenvalue weighted by atomic mass is 16.3. The van der Waals surface area contributed by atoms with Crippen molar-refractivity contribution in [2.75, 3.05) is 5.32 Å². The first-order valence-electron chi connectivity index (χ1n) is 6.51. The van der Waals surface area contributed by atoms with E-state index in [1.165, 1.54) is 13.8 Å². The number of hydrogen-bond donors (Lipinski definition) is 3. The molecule has 1 aliphatic rings. The van der Waals surface area contributed by atoms with Crippen molar-refractivity contribution in [3.8, 4) is 0 Å². The van der Waals surface area contributed by atoms with Gasteiger partial charge in [-0.05, 0) is 44.0 Å². The van der Waals surface area contributed by atoms with Gasteiger partial charge in [0.05, 0.1) is 0 Å². The lowest BCUT2D eigenvalue weighted by atomic mass is 10.00. The number of hydrogen-bond acceptors (Lipinski definition) is 4. The predicted molar refractivity (Wildman–Crippen MR) is 72.9 cm³/mol. The summed E-state index contributed by atoms with van der Waals surface area (Å²) in [6, 6.07) is 4.93. The second-order valence-corrected chi connectivity index (χ2v) is 4.90. The Morgan fingerprint density at radius 1 is 1.25 bits per heavy atom. The Labute approximate surface area is 117 Å². The number of rotatable bonds is 3. The normalized spacial score (nSPS) is 16.9. The van der Waals surface area contributed by atoms with Gasteiger partial charge in [0, 0.05) is 17.7 Å². The molecule has 2 unspecified atom stereocenters. The Kier molecular flexibility index (Phi) is 4.06. The van der Waals surface area contributed by atoms with E-state index in [0.717, 1.165) is 10.5 Å². The minimum absolute atomic E-state index is 0.0360. The molecule has 0 fully saturated rings. The standard InChI is InChI=1S/C14H18N2O4/c1-8(17)16(9(2)18)14(20)11-3-5-12-10(7-11)4-6-13(19)15-12/h3,5,7-9,17-18H,4,6H2,1-2H3,(H,15,19). The van der Waals surface area contributed by atoms with Crippen LogP contribution in [0.2, 0.25) is 0 Å². The van der Waals surface area contributed by atoms with Gasteiger partial charge in [0.2, 0.25) is 5.91 Å². The van der Waals surface area contributed by atoms with E-state index in [-0.39, 0.29) is 5.91 Å². The predicted octanol–water partition coefficient (Wildman–Crippen LogP) is 0.690. The minimum Gasteiger partial charge on any atom is -0.374 e. The number of anilines is 1. The number of benzene rings is 1. The van der Waals surface area contributed by atoms with E-state index in [0.29, 0.717) is 24.1 Å². The molecule has 0 saturated carbocycles. The highest BCUT2D eigenvalue weighted by Crippen LogP contribution is 2.24. The molecule has 20 heavy (non-hydrogen) atoms. The summed E-state index contributed by atoms with van der Waals surface area (Å²) in [6.45, 7) is 2.84. The van der Waals surface area contributed by atoms with Gasteiger partial charge in [-0.1, -0.05) is 0 Å². The van der Waals surface area contributed by atoms with Gasteiger partial charge in [-0.3, -0.25) is 14.5 Å². The molecule has 0 aliphatic carbocycles. The van der Waals surface area contributed by atoms with Crippen molar-refractivity contribution in [3.63, 3.8) is 0 Å². The minimum atomic E-state index is -1.08. The molecule has 3 N–H and O–H groups in total. The lowest BCUT2D eigenvalue weighted by molar-refractivity contribution is -0.116. The van der Waals surface area contributed by atoms with Crippen LogP contribution >= 0.6 is 0 Å². The van der Waals surface area contributed by atoms with Crippen molar-refractivity contribution in [2.45, 2.75) is 39.1 Å². The molecule has 1 aromatic carbocycles. The molecule has 0 radical (unpaired) electrons. The van der Waals surface area contributed by atoms with E-state index < -0.39 is 18.4 Å². The molecule has 1 aliphatic heterocycles. The van der Waals surface area contributed by atoms with Gasteiger partial charge >= 0.3 is 0 Å². The summed E-state index contributed by atoms with van der Waals surface area (Å²) in [7, 11) is 0. The molecule has 6 heteroatoms. The van der Waals surface area contributed by atoms with Gasteiger partial charge in [0.15, 0.2) is 0 Å². The molecule has 0 bridgehead atoms. The van der Waals surface area contributed by atoms with Gasteiger partial charge in [-0.15, -0.1) is 0 Å². The van der Waals surface area contributed by atoms with Crippen LogP contribution in [0.1, 0.15) is 36.2 Å². The van der Waals surface area contributed by atoms with Crippen LogP contribution in [-0.2, 0) is 11.2 Å². The number of aryl methyl sites for hydroxylation is 1. The topological polar surface area (TPSA) is 89.9 Å². The summed E-state index contributed by atoms with van der Waals surface area (Å²) in [6.07, 6.45) is -1.20. The van der Waals surface area contributed by atoms with Crippen LogP contribution in [-0.4, -0.2) is 39.4 Å². The summed E-state index contributed by atoms with van der Waals surface area (Å²) in [5.41, 5.74) is 1.96. The number of amides is 2. The molecular formula is C14H18N2O4. The van der Waals surface area contributed by atoms with Crippen molar-refractivity contribution < 1.29 is 19.8 Å². The number of nitrogens with one attached hydrogen (secondary N) is 1. The number of fused-ring (bicyclic) bond motifs is 1. The largest absolute Gasteiger partial charge is 0.374 e. The molecular weight excluding hydrogens is 260 g/mol. The summed E-state index contributed by atoms with van der Waals surface area (Å²) < 4.78 is 0. The van der Waals surface area contributed by atoms with E-state index in [9.17, 15) is 19.8 Å². The Hall–Kier alpha value is -1.92. The first-order chi connectivity index (χ1) is 9.40. The fourth-order valence-electron chi connectivity index (χ4n) is 2.32. The maximum atomic E-state index is 12.3. The molecule has 0 spiro atoms. The lowest BCUT2D eigenvalue weighted by Crippen LogP contribution is -2.44. The average molecular weight is 278 g/mol. The quantitative estimate of drug-likeness (QED) is 0.710. The molecule has 0 aromatic heterocycles. The molecule has 0 saturated heterocycles. The van der Waals surface area contributed by atoms with Gasteiger partial charge in [-0.25, -0.2) is 0 Å². The van der Waals surface area contributed by atoms with E-state index in [1.807, 2.05) is 0 Å². The molecule has 1 aromatic rings. The van der Waals surface area contributed by atoms with Crippen LogP contribution < -0.4 is 5.32 Å². The first kappa shape index (κ1) is 14.5. The van der Waals surface area contributed by atoms with Crippen LogP contribution in [0.5, 0.6) is 0 Å². The maximum absolute atomic E-state index is 12.3. The number of aliphatic hydroxyl groups is 2. The highest BCUT2D eigenvalue weighted by molar-refractivity contribution is 5.98. The molecule has 2 rings (SSSR count). The second kappa shape index (κ2) is 5.60. The molecule has 6 nitrogen and oxygen atoms in total. The molecule has 2 atom stereocenters. The lowest BCUT2D eigenvalue weighted by Gasteiger charge is -2.28. The zero-order valence-corrected chi connectivity index (χ0v) is 11.5. The molecule has 1 heterocycles. The number of carbonyl (C=O) groups is 2.